The highest BCUT2D eigenvalue weighted by atomic mass is 35.5. The highest BCUT2D eigenvalue weighted by molar-refractivity contribution is 7.99. The lowest BCUT2D eigenvalue weighted by Crippen LogP contribution is -2.29. The summed E-state index contributed by atoms with van der Waals surface area (Å²) in [6.07, 6.45) is 8.71. The molecule has 0 bridgehead atoms. The Morgan fingerprint density at radius 2 is 2.32 bits per heavy atom. The first-order valence-electron chi connectivity index (χ1n) is 6.42. The monoisotopic (exact) mass is 297 g/mol. The van der Waals surface area contributed by atoms with Gasteiger partial charge in [-0.2, -0.15) is 21.7 Å². The number of anilines is 1. The lowest BCUT2D eigenvalue weighted by molar-refractivity contribution is 0.473. The van der Waals surface area contributed by atoms with Crippen molar-refractivity contribution in [3.8, 4) is 0 Å². The van der Waals surface area contributed by atoms with E-state index >= 15 is 0 Å². The van der Waals surface area contributed by atoms with Crippen LogP contribution in [0, 0.1) is 0 Å². The van der Waals surface area contributed by atoms with Gasteiger partial charge in [0.25, 0.3) is 0 Å². The number of imidazole rings is 1. The summed E-state index contributed by atoms with van der Waals surface area (Å²) in [6.45, 7) is 0. The Morgan fingerprint density at radius 3 is 3.16 bits per heavy atom. The smallest absolute Gasteiger partial charge is 0.226 e. The minimum atomic E-state index is 0.235. The predicted molar refractivity (Wildman–Crippen MR) is 79.9 cm³/mol. The predicted octanol–water partition coefficient (Wildman–Crippen LogP) is 3.09. The van der Waals surface area contributed by atoms with Crippen LogP contribution in [0.3, 0.4) is 0 Å². The molecule has 0 saturated heterocycles. The van der Waals surface area contributed by atoms with Crippen LogP contribution < -0.4 is 5.32 Å². The van der Waals surface area contributed by atoms with E-state index in [-0.39, 0.29) is 5.28 Å². The van der Waals surface area contributed by atoms with Crippen molar-refractivity contribution in [2.75, 3.05) is 11.6 Å². The molecule has 0 aromatic carbocycles. The van der Waals surface area contributed by atoms with Crippen molar-refractivity contribution >= 4 is 40.3 Å². The molecule has 2 N–H and O–H groups in total. The van der Waals surface area contributed by atoms with E-state index in [0.717, 1.165) is 16.6 Å². The molecule has 1 aliphatic rings. The second kappa shape index (κ2) is 5.54. The Hall–Kier alpha value is -1.01. The number of hydrogen-bond acceptors (Lipinski definition) is 5. The first-order valence-corrected chi connectivity index (χ1v) is 8.09. The highest BCUT2D eigenvalue weighted by Gasteiger charge is 2.22. The molecule has 2 aromatic heterocycles. The Morgan fingerprint density at radius 1 is 1.42 bits per heavy atom. The SMILES string of the molecule is CSC1CCCC(Nc2nc(Cl)nc3nc[nH]c23)C1. The van der Waals surface area contributed by atoms with Crippen LogP contribution in [0.25, 0.3) is 11.2 Å². The third-order valence-electron chi connectivity index (χ3n) is 3.56. The number of rotatable bonds is 3. The van der Waals surface area contributed by atoms with E-state index in [0.29, 0.717) is 11.7 Å². The average Bonchev–Trinajstić information content (AvgIpc) is 2.87. The van der Waals surface area contributed by atoms with Crippen LogP contribution >= 0.6 is 23.4 Å². The summed E-state index contributed by atoms with van der Waals surface area (Å²) in [5.74, 6) is 0.763. The molecule has 102 valence electrons. The molecular formula is C12H16ClN5S. The summed E-state index contributed by atoms with van der Waals surface area (Å²) in [5, 5.41) is 4.47. The Kier molecular flexibility index (Phi) is 3.79. The van der Waals surface area contributed by atoms with Gasteiger partial charge in [-0.15, -0.1) is 0 Å². The van der Waals surface area contributed by atoms with Crippen LogP contribution in [0.15, 0.2) is 6.33 Å². The number of hydrogen-bond donors (Lipinski definition) is 2. The molecule has 2 aromatic rings. The Labute approximate surface area is 121 Å². The zero-order valence-electron chi connectivity index (χ0n) is 10.7. The second-order valence-electron chi connectivity index (χ2n) is 4.81. The van der Waals surface area contributed by atoms with E-state index in [1.807, 2.05) is 11.8 Å². The van der Waals surface area contributed by atoms with E-state index < -0.39 is 0 Å². The van der Waals surface area contributed by atoms with Crippen molar-refractivity contribution in [2.24, 2.45) is 0 Å². The molecule has 1 saturated carbocycles. The van der Waals surface area contributed by atoms with Crippen LogP contribution in [0.5, 0.6) is 0 Å². The van der Waals surface area contributed by atoms with Gasteiger partial charge in [-0.1, -0.05) is 6.42 Å². The van der Waals surface area contributed by atoms with E-state index in [4.69, 9.17) is 11.6 Å². The van der Waals surface area contributed by atoms with Crippen LogP contribution in [0.2, 0.25) is 5.28 Å². The molecule has 1 aliphatic carbocycles. The number of thioether (sulfide) groups is 1. The lowest BCUT2D eigenvalue weighted by Gasteiger charge is -2.29. The quantitative estimate of drug-likeness (QED) is 0.852. The number of aromatic nitrogens is 4. The average molecular weight is 298 g/mol. The van der Waals surface area contributed by atoms with Crippen LogP contribution in [-0.2, 0) is 0 Å². The highest BCUT2D eigenvalue weighted by Crippen LogP contribution is 2.29. The third kappa shape index (κ3) is 2.79. The van der Waals surface area contributed by atoms with E-state index in [1.165, 1.54) is 25.7 Å². The molecule has 5 nitrogen and oxygen atoms in total. The maximum Gasteiger partial charge on any atom is 0.226 e. The molecule has 19 heavy (non-hydrogen) atoms. The van der Waals surface area contributed by atoms with Crippen molar-refractivity contribution in [3.63, 3.8) is 0 Å². The van der Waals surface area contributed by atoms with E-state index in [2.05, 4.69) is 31.5 Å². The molecule has 0 amide bonds. The standard InChI is InChI=1S/C12H16ClN5S/c1-19-8-4-2-3-7(5-8)16-11-9-10(15-6-14-9)17-12(13)18-11/h6-8H,2-5H2,1H3,(H2,14,15,16,17,18). The fraction of sp³-hybridized carbons (Fsp3) is 0.583. The first-order chi connectivity index (χ1) is 9.26. The molecule has 2 heterocycles. The summed E-state index contributed by atoms with van der Waals surface area (Å²) in [7, 11) is 0. The van der Waals surface area contributed by atoms with Gasteiger partial charge in [0.05, 0.1) is 6.33 Å². The molecule has 2 atom stereocenters. The summed E-state index contributed by atoms with van der Waals surface area (Å²) < 4.78 is 0. The van der Waals surface area contributed by atoms with Crippen LogP contribution in [-0.4, -0.2) is 37.5 Å². The minimum absolute atomic E-state index is 0.235. The van der Waals surface area contributed by atoms with E-state index in [9.17, 15) is 0 Å². The molecule has 1 fully saturated rings. The number of nitrogens with one attached hydrogen (secondary N) is 2. The number of aromatic amines is 1. The summed E-state index contributed by atoms with van der Waals surface area (Å²) in [5.41, 5.74) is 1.44. The lowest BCUT2D eigenvalue weighted by atomic mass is 9.95. The van der Waals surface area contributed by atoms with Gasteiger partial charge < -0.3 is 10.3 Å². The topological polar surface area (TPSA) is 66.5 Å². The molecule has 0 spiro atoms. The van der Waals surface area contributed by atoms with Gasteiger partial charge in [-0.05, 0) is 37.1 Å². The Balaban J connectivity index is 1.82. The zero-order chi connectivity index (χ0) is 13.2. The normalized spacial score (nSPS) is 23.7. The van der Waals surface area contributed by atoms with Gasteiger partial charge in [0, 0.05) is 11.3 Å². The van der Waals surface area contributed by atoms with Crippen LogP contribution in [0.1, 0.15) is 25.7 Å². The number of halogens is 1. The largest absolute Gasteiger partial charge is 0.365 e. The van der Waals surface area contributed by atoms with Gasteiger partial charge in [0.15, 0.2) is 11.5 Å². The molecule has 7 heteroatoms. The summed E-state index contributed by atoms with van der Waals surface area (Å²) in [6, 6.07) is 0.448. The van der Waals surface area contributed by atoms with Gasteiger partial charge in [-0.3, -0.25) is 0 Å². The maximum atomic E-state index is 5.93. The van der Waals surface area contributed by atoms with Gasteiger partial charge in [0.2, 0.25) is 5.28 Å². The molecule has 2 unspecified atom stereocenters. The zero-order valence-corrected chi connectivity index (χ0v) is 12.3. The fourth-order valence-electron chi connectivity index (χ4n) is 2.59. The Bertz CT molecular complexity index is 572. The van der Waals surface area contributed by atoms with Crippen molar-refractivity contribution < 1.29 is 0 Å². The maximum absolute atomic E-state index is 5.93. The minimum Gasteiger partial charge on any atom is -0.365 e. The van der Waals surface area contributed by atoms with Crippen molar-refractivity contribution in [1.29, 1.82) is 0 Å². The first kappa shape index (κ1) is 13.0. The van der Waals surface area contributed by atoms with Gasteiger partial charge >= 0.3 is 0 Å². The second-order valence-corrected chi connectivity index (χ2v) is 6.28. The van der Waals surface area contributed by atoms with Crippen molar-refractivity contribution in [1.82, 2.24) is 19.9 Å². The fourth-order valence-corrected chi connectivity index (χ4v) is 3.59. The van der Waals surface area contributed by atoms with E-state index in [1.54, 1.807) is 6.33 Å². The summed E-state index contributed by atoms with van der Waals surface area (Å²) in [4.78, 5) is 15.6. The number of fused-ring (bicyclic) bond motifs is 1. The molecule has 0 radical (unpaired) electrons. The van der Waals surface area contributed by atoms with Crippen molar-refractivity contribution in [3.05, 3.63) is 11.6 Å². The molecule has 3 rings (SSSR count). The third-order valence-corrected chi connectivity index (χ3v) is 4.82. The van der Waals surface area contributed by atoms with Gasteiger partial charge in [0.1, 0.15) is 5.52 Å². The molecule has 0 aliphatic heterocycles. The van der Waals surface area contributed by atoms with Gasteiger partial charge in [-0.25, -0.2) is 4.98 Å². The number of H-pyrrole nitrogens is 1. The summed E-state index contributed by atoms with van der Waals surface area (Å²) >= 11 is 7.88. The van der Waals surface area contributed by atoms with Crippen LogP contribution in [0.4, 0.5) is 5.82 Å². The van der Waals surface area contributed by atoms with Crippen molar-refractivity contribution in [2.45, 2.75) is 37.0 Å². The number of nitrogens with zero attached hydrogens (tertiary/aromatic N) is 3. The molecular weight excluding hydrogens is 282 g/mol.